The largest absolute Gasteiger partial charge is 1.00 e. The van der Waals surface area contributed by atoms with E-state index in [2.05, 4.69) is 188 Å². The number of rotatable bonds is 3. The van der Waals surface area contributed by atoms with Crippen molar-refractivity contribution in [3.05, 3.63) is 103 Å². The van der Waals surface area contributed by atoms with E-state index in [1.165, 1.54) is 33.6 Å². The molecule has 0 heterocycles. The van der Waals surface area contributed by atoms with Crippen molar-refractivity contribution in [3.63, 3.8) is 0 Å². The summed E-state index contributed by atoms with van der Waals surface area (Å²) in [6.07, 6.45) is 41.1. The van der Waals surface area contributed by atoms with Gasteiger partial charge in [0.25, 0.3) is 0 Å². The van der Waals surface area contributed by atoms with Crippen molar-refractivity contribution in [2.75, 3.05) is 0 Å². The summed E-state index contributed by atoms with van der Waals surface area (Å²) in [4.78, 5) is 0. The molecule has 6 rings (SSSR count). The van der Waals surface area contributed by atoms with Gasteiger partial charge in [-0.15, -0.1) is 17.4 Å². The minimum Gasteiger partial charge on any atom is -1.00 e. The van der Waals surface area contributed by atoms with Gasteiger partial charge >= 0.3 is 41.3 Å². The van der Waals surface area contributed by atoms with Crippen LogP contribution < -0.4 is 24.8 Å². The molecule has 0 bridgehead atoms. The van der Waals surface area contributed by atoms with Gasteiger partial charge in [-0.05, 0) is 28.6 Å². The minimum atomic E-state index is 0. The summed E-state index contributed by atoms with van der Waals surface area (Å²) < 4.78 is 1.51. The van der Waals surface area contributed by atoms with Crippen LogP contribution in [0.2, 0.25) is 0 Å². The monoisotopic (exact) mass is 764 g/mol. The minimum absolute atomic E-state index is 0. The number of fused-ring (bicyclic) bond motifs is 8. The normalized spacial score (nSPS) is 42.2. The number of hydrogen-bond acceptors (Lipinski definition) is 0. The Labute approximate surface area is 324 Å². The molecule has 0 aromatic heterocycles. The molecule has 0 nitrogen and oxygen atoms in total. The first-order valence-electron chi connectivity index (χ1n) is 18.0. The number of allylic oxidation sites excluding steroid dienone is 16. The molecule has 9 atom stereocenters. The second-order valence-corrected chi connectivity index (χ2v) is 20.1. The van der Waals surface area contributed by atoms with Gasteiger partial charge in [0.2, 0.25) is 0 Å². The van der Waals surface area contributed by atoms with Gasteiger partial charge < -0.3 is 31.2 Å². The van der Waals surface area contributed by atoms with E-state index in [-0.39, 0.29) is 62.7 Å². The molecule has 9 unspecified atom stereocenters. The standard InChI is InChI=1S/C29H37.C13H21.C3H6.2ClH.Zr/c1-21-14-13-15-22-20-27(6)25(4)18-10-9-16-23(25,2)24(3)17-11-12-19-26(24,5)29(27,8)28(21,22)7;1-5-6-7-11-8-9-12(10-11)13(2,3)4;1-3-2;;;/h9-20,22H,1-8H3;9-11H,5-7H2,1-4H3;1-2H3;2*1H;/q2*-1;;;;+2/p-2. The third kappa shape index (κ3) is 5.93. The topological polar surface area (TPSA) is 0 Å². The Morgan fingerprint density at radius 1 is 0.812 bits per heavy atom. The van der Waals surface area contributed by atoms with Crippen LogP contribution in [0, 0.1) is 67.7 Å². The molecule has 264 valence electrons. The van der Waals surface area contributed by atoms with Gasteiger partial charge in [-0.3, -0.25) is 6.08 Å². The predicted molar refractivity (Wildman–Crippen MR) is 199 cm³/mol. The van der Waals surface area contributed by atoms with Gasteiger partial charge in [-0.25, -0.2) is 6.08 Å². The Bertz CT molecular complexity index is 1460. The zero-order valence-electron chi connectivity index (χ0n) is 32.6. The van der Waals surface area contributed by atoms with E-state index in [1.807, 2.05) is 0 Å². The Morgan fingerprint density at radius 2 is 1.29 bits per heavy atom. The first-order chi connectivity index (χ1) is 21.2. The maximum Gasteiger partial charge on any atom is -1.00 e. The Morgan fingerprint density at radius 3 is 1.77 bits per heavy atom. The molecular weight excluding hydrogens is 703 g/mol. The summed E-state index contributed by atoms with van der Waals surface area (Å²) >= 11 is 1.55. The SMILES string of the molecule is CC1=CC=CC2[CH-]C3(C)C4(C)C=CC=CC4(C)C4(C)C=CC=CC4(C)C3(C)C12C.CCCCC1[C-]=CC(C(C)(C)C)=C1.C[C](C)=[Zr+2].[Cl-].[Cl-]. The fourth-order valence-corrected chi connectivity index (χ4v) is 10.8. The molecule has 6 aliphatic rings. The van der Waals surface area contributed by atoms with Crippen LogP contribution in [0.4, 0.5) is 0 Å². The average molecular weight is 767 g/mol. The van der Waals surface area contributed by atoms with Crippen LogP contribution in [-0.4, -0.2) is 3.21 Å². The van der Waals surface area contributed by atoms with Gasteiger partial charge in [-0.1, -0.05) is 173 Å². The molecule has 2 saturated carbocycles. The quantitative estimate of drug-likeness (QED) is 0.287. The Balaban J connectivity index is 0.000000355. The molecular formula is C45H64Cl2Zr-2. The van der Waals surface area contributed by atoms with Crippen LogP contribution in [0.3, 0.4) is 0 Å². The Kier molecular flexibility index (Phi) is 13.3. The fourth-order valence-electron chi connectivity index (χ4n) is 10.8. The number of hydrogen-bond donors (Lipinski definition) is 0. The van der Waals surface area contributed by atoms with Gasteiger partial charge in [0.15, 0.2) is 0 Å². The predicted octanol–water partition coefficient (Wildman–Crippen LogP) is 6.54. The maximum atomic E-state index is 3.43. The zero-order chi connectivity index (χ0) is 34.6. The molecule has 48 heavy (non-hydrogen) atoms. The summed E-state index contributed by atoms with van der Waals surface area (Å²) in [7, 11) is 0. The van der Waals surface area contributed by atoms with Crippen LogP contribution >= 0.6 is 0 Å². The Hall–Kier alpha value is -0.747. The molecule has 0 N–H and O–H groups in total. The van der Waals surface area contributed by atoms with Gasteiger partial charge in [0.1, 0.15) is 0 Å². The molecule has 3 heteroatoms. The summed E-state index contributed by atoms with van der Waals surface area (Å²) in [6, 6.07) is 0. The molecule has 0 aliphatic heterocycles. The van der Waals surface area contributed by atoms with E-state index in [9.17, 15) is 0 Å². The van der Waals surface area contributed by atoms with E-state index in [4.69, 9.17) is 0 Å². The molecule has 6 aliphatic carbocycles. The number of unbranched alkanes of at least 4 members (excludes halogenated alkanes) is 1. The maximum absolute atomic E-state index is 3.43. The van der Waals surface area contributed by atoms with E-state index >= 15 is 0 Å². The molecule has 2 fully saturated rings. The van der Waals surface area contributed by atoms with E-state index < -0.39 is 0 Å². The van der Waals surface area contributed by atoms with Crippen molar-refractivity contribution in [1.82, 2.24) is 0 Å². The third-order valence-corrected chi connectivity index (χ3v) is 14.6. The van der Waals surface area contributed by atoms with Crippen molar-refractivity contribution < 1.29 is 49.0 Å². The van der Waals surface area contributed by atoms with E-state index in [1.54, 1.807) is 24.2 Å². The molecule has 0 aromatic rings. The fraction of sp³-hybridized carbons (Fsp3) is 0.600. The van der Waals surface area contributed by atoms with Gasteiger partial charge in [-0.2, -0.15) is 11.6 Å². The smallest absolute Gasteiger partial charge is 1.00 e. The molecule has 0 amide bonds. The second-order valence-electron chi connectivity index (χ2n) is 17.6. The van der Waals surface area contributed by atoms with Crippen LogP contribution in [0.15, 0.2) is 90.1 Å². The zero-order valence-corrected chi connectivity index (χ0v) is 36.6. The van der Waals surface area contributed by atoms with Gasteiger partial charge in [0, 0.05) is 10.8 Å². The third-order valence-electron chi connectivity index (χ3n) is 14.6. The number of halogens is 2. The second kappa shape index (κ2) is 14.7. The first-order valence-corrected chi connectivity index (χ1v) is 19.2. The molecule has 0 spiro atoms. The molecule has 0 aromatic carbocycles. The average Bonchev–Trinajstić information content (AvgIpc) is 3.53. The summed E-state index contributed by atoms with van der Waals surface area (Å²) in [5, 5.41) is 0. The van der Waals surface area contributed by atoms with Crippen LogP contribution in [0.5, 0.6) is 0 Å². The molecule has 0 radical (unpaired) electrons. The summed E-state index contributed by atoms with van der Waals surface area (Å²) in [5.74, 6) is 1.05. The van der Waals surface area contributed by atoms with Crippen LogP contribution in [-0.2, 0) is 24.2 Å². The van der Waals surface area contributed by atoms with Crippen LogP contribution in [0.25, 0.3) is 0 Å². The van der Waals surface area contributed by atoms with Crippen LogP contribution in [0.1, 0.15) is 116 Å². The van der Waals surface area contributed by atoms with E-state index in [0.29, 0.717) is 17.3 Å². The van der Waals surface area contributed by atoms with Crippen molar-refractivity contribution in [3.8, 4) is 0 Å². The van der Waals surface area contributed by atoms with E-state index in [0.717, 1.165) is 0 Å². The van der Waals surface area contributed by atoms with Gasteiger partial charge in [0.05, 0.1) is 0 Å². The van der Waals surface area contributed by atoms with Crippen molar-refractivity contribution >= 4 is 3.21 Å². The summed E-state index contributed by atoms with van der Waals surface area (Å²) in [6.45, 7) is 33.6. The summed E-state index contributed by atoms with van der Waals surface area (Å²) in [5.41, 5.74) is 3.48. The van der Waals surface area contributed by atoms with Crippen molar-refractivity contribution in [2.24, 2.45) is 55.2 Å². The van der Waals surface area contributed by atoms with Crippen molar-refractivity contribution in [2.45, 2.75) is 116 Å². The first kappa shape index (κ1) is 43.4. The van der Waals surface area contributed by atoms with Crippen molar-refractivity contribution in [1.29, 1.82) is 0 Å². The molecule has 0 saturated heterocycles.